The normalized spacial score (nSPS) is 17.1. The van der Waals surface area contributed by atoms with Crippen LogP contribution in [-0.2, 0) is 0 Å². The predicted octanol–water partition coefficient (Wildman–Crippen LogP) is 2.78. The number of nitrogens with zero attached hydrogens (tertiary/aromatic N) is 6. The number of rotatable bonds is 6. The van der Waals surface area contributed by atoms with E-state index < -0.39 is 0 Å². The Labute approximate surface area is 155 Å². The van der Waals surface area contributed by atoms with Crippen LogP contribution in [0.2, 0.25) is 0 Å². The van der Waals surface area contributed by atoms with Crippen molar-refractivity contribution >= 4 is 5.69 Å². The van der Waals surface area contributed by atoms with Crippen LogP contribution in [0.4, 0.5) is 5.69 Å². The second-order valence-corrected chi connectivity index (χ2v) is 7.49. The van der Waals surface area contributed by atoms with E-state index in [9.17, 15) is 0 Å². The molecule has 0 radical (unpaired) electrons. The van der Waals surface area contributed by atoms with Crippen molar-refractivity contribution in [1.29, 1.82) is 0 Å². The van der Waals surface area contributed by atoms with Crippen LogP contribution in [0.3, 0.4) is 0 Å². The molecule has 1 fully saturated rings. The maximum absolute atomic E-state index is 5.36. The Hall–Kier alpha value is -2.15. The molecule has 0 spiro atoms. The standard InChI is InChI=1S/C19H30N6O/c1-14(2)18(19-20-21-22-25(19)15(3)4)24-11-9-23(10-12-24)16-7-6-8-17(13-16)26-5/h6-8,13-15,18H,9-12H2,1-5H3. The zero-order valence-corrected chi connectivity index (χ0v) is 16.5. The van der Waals surface area contributed by atoms with Gasteiger partial charge < -0.3 is 9.64 Å². The number of piperazine rings is 1. The number of benzene rings is 1. The predicted molar refractivity (Wildman–Crippen MR) is 103 cm³/mol. The van der Waals surface area contributed by atoms with Gasteiger partial charge in [0.1, 0.15) is 5.75 Å². The van der Waals surface area contributed by atoms with Gasteiger partial charge in [-0.05, 0) is 42.3 Å². The number of hydrogen-bond donors (Lipinski definition) is 0. The van der Waals surface area contributed by atoms with E-state index >= 15 is 0 Å². The van der Waals surface area contributed by atoms with Crippen LogP contribution in [0.15, 0.2) is 24.3 Å². The van der Waals surface area contributed by atoms with E-state index in [0.717, 1.165) is 37.8 Å². The monoisotopic (exact) mass is 358 g/mol. The van der Waals surface area contributed by atoms with Gasteiger partial charge in [0.15, 0.2) is 5.82 Å². The number of hydrogen-bond acceptors (Lipinski definition) is 6. The van der Waals surface area contributed by atoms with E-state index in [0.29, 0.717) is 5.92 Å². The van der Waals surface area contributed by atoms with Crippen molar-refractivity contribution in [3.05, 3.63) is 30.1 Å². The van der Waals surface area contributed by atoms with Crippen LogP contribution >= 0.6 is 0 Å². The van der Waals surface area contributed by atoms with Crippen molar-refractivity contribution in [2.24, 2.45) is 5.92 Å². The summed E-state index contributed by atoms with van der Waals surface area (Å²) >= 11 is 0. The third-order valence-electron chi connectivity index (χ3n) is 5.03. The van der Waals surface area contributed by atoms with Gasteiger partial charge in [-0.3, -0.25) is 4.90 Å². The number of tetrazole rings is 1. The summed E-state index contributed by atoms with van der Waals surface area (Å²) in [6, 6.07) is 8.79. The maximum atomic E-state index is 5.36. The summed E-state index contributed by atoms with van der Waals surface area (Å²) in [6.07, 6.45) is 0. The largest absolute Gasteiger partial charge is 0.497 e. The molecule has 1 atom stereocenters. The molecule has 3 rings (SSSR count). The van der Waals surface area contributed by atoms with Gasteiger partial charge in [0.05, 0.1) is 19.2 Å². The van der Waals surface area contributed by atoms with Gasteiger partial charge in [-0.15, -0.1) is 5.10 Å². The number of methoxy groups -OCH3 is 1. The highest BCUT2D eigenvalue weighted by atomic mass is 16.5. The Morgan fingerprint density at radius 1 is 1.04 bits per heavy atom. The third kappa shape index (κ3) is 3.82. The maximum Gasteiger partial charge on any atom is 0.168 e. The van der Waals surface area contributed by atoms with Crippen LogP contribution in [0.25, 0.3) is 0 Å². The Bertz CT molecular complexity index is 706. The van der Waals surface area contributed by atoms with Gasteiger partial charge in [0, 0.05) is 37.9 Å². The van der Waals surface area contributed by atoms with E-state index in [2.05, 4.69) is 65.2 Å². The number of ether oxygens (including phenoxy) is 1. The van der Waals surface area contributed by atoms with Crippen LogP contribution in [0.1, 0.15) is 45.6 Å². The Morgan fingerprint density at radius 2 is 1.77 bits per heavy atom. The lowest BCUT2D eigenvalue weighted by molar-refractivity contribution is 0.133. The Balaban J connectivity index is 1.73. The lowest BCUT2D eigenvalue weighted by atomic mass is 10.0. The molecule has 1 unspecified atom stereocenters. The summed E-state index contributed by atoms with van der Waals surface area (Å²) in [5.41, 5.74) is 1.22. The fourth-order valence-corrected chi connectivity index (χ4v) is 3.71. The number of aromatic nitrogens is 4. The second kappa shape index (κ2) is 8.03. The van der Waals surface area contributed by atoms with Crippen LogP contribution in [0.5, 0.6) is 5.75 Å². The van der Waals surface area contributed by atoms with Gasteiger partial charge >= 0.3 is 0 Å². The molecule has 1 aliphatic heterocycles. The average molecular weight is 358 g/mol. The van der Waals surface area contributed by atoms with E-state index in [1.165, 1.54) is 5.69 Å². The summed E-state index contributed by atoms with van der Waals surface area (Å²) < 4.78 is 7.32. The summed E-state index contributed by atoms with van der Waals surface area (Å²) in [4.78, 5) is 4.94. The van der Waals surface area contributed by atoms with Gasteiger partial charge in [-0.2, -0.15) is 0 Å². The van der Waals surface area contributed by atoms with E-state index in [4.69, 9.17) is 4.74 Å². The first-order valence-electron chi connectivity index (χ1n) is 9.42. The molecule has 142 valence electrons. The van der Waals surface area contributed by atoms with Crippen LogP contribution in [-0.4, -0.2) is 58.4 Å². The lowest BCUT2D eigenvalue weighted by Crippen LogP contribution is -2.49. The smallest absolute Gasteiger partial charge is 0.168 e. The Kier molecular flexibility index (Phi) is 5.76. The molecular formula is C19H30N6O. The van der Waals surface area contributed by atoms with Gasteiger partial charge in [0.2, 0.25) is 0 Å². The topological polar surface area (TPSA) is 59.3 Å². The molecule has 1 aromatic heterocycles. The average Bonchev–Trinajstić information content (AvgIpc) is 3.12. The van der Waals surface area contributed by atoms with Crippen molar-refractivity contribution in [3.8, 4) is 5.75 Å². The Morgan fingerprint density at radius 3 is 2.38 bits per heavy atom. The van der Waals surface area contributed by atoms with Gasteiger partial charge in [0.25, 0.3) is 0 Å². The lowest BCUT2D eigenvalue weighted by Gasteiger charge is -2.41. The minimum atomic E-state index is 0.236. The first-order valence-corrected chi connectivity index (χ1v) is 9.42. The second-order valence-electron chi connectivity index (χ2n) is 7.49. The molecule has 1 aliphatic rings. The first kappa shape index (κ1) is 18.6. The molecule has 0 aliphatic carbocycles. The van der Waals surface area contributed by atoms with Crippen molar-refractivity contribution in [1.82, 2.24) is 25.1 Å². The molecule has 7 nitrogen and oxygen atoms in total. The minimum absolute atomic E-state index is 0.236. The molecule has 1 saturated heterocycles. The molecular weight excluding hydrogens is 328 g/mol. The number of anilines is 1. The molecule has 0 saturated carbocycles. The first-order chi connectivity index (χ1) is 12.5. The summed E-state index contributed by atoms with van der Waals surface area (Å²) in [5.74, 6) is 2.33. The molecule has 0 amide bonds. The fraction of sp³-hybridized carbons (Fsp3) is 0.632. The van der Waals surface area contributed by atoms with Gasteiger partial charge in [-0.1, -0.05) is 19.9 Å². The zero-order valence-electron chi connectivity index (χ0n) is 16.5. The SMILES string of the molecule is COc1cccc(N2CCN(C(c3nnnn3C(C)C)C(C)C)CC2)c1. The highest BCUT2D eigenvalue weighted by Gasteiger charge is 2.32. The van der Waals surface area contributed by atoms with Crippen molar-refractivity contribution in [3.63, 3.8) is 0 Å². The summed E-state index contributed by atoms with van der Waals surface area (Å²) in [5, 5.41) is 12.5. The minimum Gasteiger partial charge on any atom is -0.497 e. The quantitative estimate of drug-likeness (QED) is 0.791. The highest BCUT2D eigenvalue weighted by Crippen LogP contribution is 2.30. The highest BCUT2D eigenvalue weighted by molar-refractivity contribution is 5.51. The third-order valence-corrected chi connectivity index (χ3v) is 5.03. The molecule has 0 bridgehead atoms. The van der Waals surface area contributed by atoms with Crippen LogP contribution in [0, 0.1) is 5.92 Å². The van der Waals surface area contributed by atoms with Crippen LogP contribution < -0.4 is 9.64 Å². The summed E-state index contributed by atoms with van der Waals surface area (Å²) in [6.45, 7) is 12.7. The molecule has 2 aromatic rings. The van der Waals surface area contributed by atoms with E-state index in [1.807, 2.05) is 16.8 Å². The van der Waals surface area contributed by atoms with Crippen molar-refractivity contribution in [2.75, 3.05) is 38.2 Å². The molecule has 7 heteroatoms. The van der Waals surface area contributed by atoms with Crippen molar-refractivity contribution < 1.29 is 4.74 Å². The van der Waals surface area contributed by atoms with Crippen molar-refractivity contribution in [2.45, 2.75) is 39.8 Å². The molecule has 26 heavy (non-hydrogen) atoms. The van der Waals surface area contributed by atoms with E-state index in [1.54, 1.807) is 7.11 Å². The zero-order chi connectivity index (χ0) is 18.7. The molecule has 0 N–H and O–H groups in total. The molecule has 1 aromatic carbocycles. The molecule has 2 heterocycles. The fourth-order valence-electron chi connectivity index (χ4n) is 3.71. The van der Waals surface area contributed by atoms with E-state index in [-0.39, 0.29) is 12.1 Å². The van der Waals surface area contributed by atoms with Gasteiger partial charge in [-0.25, -0.2) is 4.68 Å². The summed E-state index contributed by atoms with van der Waals surface area (Å²) in [7, 11) is 1.71.